The average molecular weight is 152 g/mol. The highest BCUT2D eigenvalue weighted by atomic mass is 14.4. The Bertz CT molecular complexity index is 124. The fourth-order valence-electron chi connectivity index (χ4n) is 2.70. The minimum Gasteiger partial charge on any atom is -0.0651 e. The van der Waals surface area contributed by atoms with Crippen LogP contribution in [0.3, 0.4) is 0 Å². The minimum absolute atomic E-state index is 1.09. The molecule has 2 rings (SSSR count). The zero-order valence-corrected chi connectivity index (χ0v) is 7.68. The summed E-state index contributed by atoms with van der Waals surface area (Å²) in [6.07, 6.45) is 10.7. The molecule has 2 unspecified atom stereocenters. The van der Waals surface area contributed by atoms with E-state index >= 15 is 0 Å². The topological polar surface area (TPSA) is 0 Å². The van der Waals surface area contributed by atoms with Crippen molar-refractivity contribution >= 4 is 0 Å². The van der Waals surface area contributed by atoms with Gasteiger partial charge in [0.1, 0.15) is 0 Å². The van der Waals surface area contributed by atoms with Crippen LogP contribution in [-0.4, -0.2) is 0 Å². The van der Waals surface area contributed by atoms with Crippen LogP contribution in [0.2, 0.25) is 0 Å². The lowest BCUT2D eigenvalue weighted by molar-refractivity contribution is 0.238. The van der Waals surface area contributed by atoms with E-state index in [1.165, 1.54) is 25.2 Å². The molecule has 0 heterocycles. The van der Waals surface area contributed by atoms with Crippen molar-refractivity contribution in [3.05, 3.63) is 0 Å². The molecule has 0 spiro atoms. The molecule has 2 aliphatic carbocycles. The molecule has 0 nitrogen and oxygen atoms in total. The molecule has 2 fully saturated rings. The Morgan fingerprint density at radius 3 is 2.45 bits per heavy atom. The van der Waals surface area contributed by atoms with Crippen molar-refractivity contribution in [1.82, 2.24) is 0 Å². The molecule has 0 aromatic heterocycles. The lowest BCUT2D eigenvalue weighted by Gasteiger charge is -2.28. The lowest BCUT2D eigenvalue weighted by Crippen LogP contribution is -2.16. The SMILES string of the molecule is CCC1CCCC(C2CC2)C1. The van der Waals surface area contributed by atoms with Gasteiger partial charge < -0.3 is 0 Å². The van der Waals surface area contributed by atoms with Crippen LogP contribution in [0.4, 0.5) is 0 Å². The molecule has 11 heavy (non-hydrogen) atoms. The number of hydrogen-bond donors (Lipinski definition) is 0. The van der Waals surface area contributed by atoms with E-state index in [1.807, 2.05) is 0 Å². The normalized spacial score (nSPS) is 39.0. The van der Waals surface area contributed by atoms with Crippen molar-refractivity contribution in [3.8, 4) is 0 Å². The standard InChI is InChI=1S/C11H20/c1-2-9-4-3-5-11(8-9)10-6-7-10/h9-11H,2-8H2,1H3. The lowest BCUT2D eigenvalue weighted by atomic mass is 9.78. The quantitative estimate of drug-likeness (QED) is 0.567. The summed E-state index contributed by atoms with van der Waals surface area (Å²) in [6, 6.07) is 0. The maximum atomic E-state index is 2.36. The van der Waals surface area contributed by atoms with Gasteiger partial charge in [-0.25, -0.2) is 0 Å². The summed E-state index contributed by atoms with van der Waals surface area (Å²) in [7, 11) is 0. The van der Waals surface area contributed by atoms with Gasteiger partial charge in [0.05, 0.1) is 0 Å². The summed E-state index contributed by atoms with van der Waals surface area (Å²) in [4.78, 5) is 0. The second-order valence-corrected chi connectivity index (χ2v) is 4.54. The average Bonchev–Trinajstić information content (AvgIpc) is 2.87. The third-order valence-corrected chi connectivity index (χ3v) is 3.69. The highest BCUT2D eigenvalue weighted by Crippen LogP contribution is 2.45. The maximum Gasteiger partial charge on any atom is -0.0383 e. The second kappa shape index (κ2) is 3.16. The summed E-state index contributed by atoms with van der Waals surface area (Å²) in [5, 5.41) is 0. The molecule has 0 radical (unpaired) electrons. The van der Waals surface area contributed by atoms with Gasteiger partial charge >= 0.3 is 0 Å². The van der Waals surface area contributed by atoms with Crippen LogP contribution >= 0.6 is 0 Å². The minimum atomic E-state index is 1.09. The first kappa shape index (κ1) is 7.64. The zero-order chi connectivity index (χ0) is 7.68. The third kappa shape index (κ3) is 1.77. The molecule has 0 amide bonds. The van der Waals surface area contributed by atoms with Crippen LogP contribution in [0.25, 0.3) is 0 Å². The first-order valence-electron chi connectivity index (χ1n) is 5.40. The maximum absolute atomic E-state index is 2.36. The summed E-state index contributed by atoms with van der Waals surface area (Å²) < 4.78 is 0. The first-order valence-corrected chi connectivity index (χ1v) is 5.40. The smallest absolute Gasteiger partial charge is 0.0383 e. The summed E-state index contributed by atoms with van der Waals surface area (Å²) in [5.74, 6) is 3.41. The number of rotatable bonds is 2. The van der Waals surface area contributed by atoms with Crippen LogP contribution in [0.15, 0.2) is 0 Å². The molecule has 0 N–H and O–H groups in total. The van der Waals surface area contributed by atoms with Crippen molar-refractivity contribution in [2.75, 3.05) is 0 Å². The van der Waals surface area contributed by atoms with Crippen LogP contribution < -0.4 is 0 Å². The predicted octanol–water partition coefficient (Wildman–Crippen LogP) is 3.61. The van der Waals surface area contributed by atoms with E-state index in [4.69, 9.17) is 0 Å². The second-order valence-electron chi connectivity index (χ2n) is 4.54. The van der Waals surface area contributed by atoms with Gasteiger partial charge in [0.2, 0.25) is 0 Å². The first-order chi connectivity index (χ1) is 5.40. The van der Waals surface area contributed by atoms with E-state index in [2.05, 4.69) is 6.92 Å². The van der Waals surface area contributed by atoms with Gasteiger partial charge in [0.25, 0.3) is 0 Å². The summed E-state index contributed by atoms with van der Waals surface area (Å²) >= 11 is 0. The van der Waals surface area contributed by atoms with Gasteiger partial charge in [-0.1, -0.05) is 32.6 Å². The van der Waals surface area contributed by atoms with E-state index in [0.29, 0.717) is 0 Å². The van der Waals surface area contributed by atoms with Crippen LogP contribution in [-0.2, 0) is 0 Å². The van der Waals surface area contributed by atoms with Crippen molar-refractivity contribution in [2.24, 2.45) is 17.8 Å². The Morgan fingerprint density at radius 1 is 1.00 bits per heavy atom. The molecule has 0 heteroatoms. The van der Waals surface area contributed by atoms with Gasteiger partial charge in [-0.05, 0) is 37.0 Å². The highest BCUT2D eigenvalue weighted by molar-refractivity contribution is 4.85. The summed E-state index contributed by atoms with van der Waals surface area (Å²) in [6.45, 7) is 2.36. The molecule has 0 aliphatic heterocycles. The molecule has 0 aromatic rings. The monoisotopic (exact) mass is 152 g/mol. The Morgan fingerprint density at radius 2 is 1.82 bits per heavy atom. The Balaban J connectivity index is 1.82. The zero-order valence-electron chi connectivity index (χ0n) is 7.68. The van der Waals surface area contributed by atoms with Crippen molar-refractivity contribution in [3.63, 3.8) is 0 Å². The van der Waals surface area contributed by atoms with Crippen molar-refractivity contribution in [2.45, 2.75) is 51.9 Å². The van der Waals surface area contributed by atoms with Crippen molar-refractivity contribution < 1.29 is 0 Å². The molecule has 64 valence electrons. The van der Waals surface area contributed by atoms with Gasteiger partial charge in [-0.3, -0.25) is 0 Å². The fraction of sp³-hybridized carbons (Fsp3) is 1.00. The molecule has 0 bridgehead atoms. The summed E-state index contributed by atoms with van der Waals surface area (Å²) in [5.41, 5.74) is 0. The van der Waals surface area contributed by atoms with Gasteiger partial charge in [0.15, 0.2) is 0 Å². The molecule has 0 saturated heterocycles. The Labute approximate surface area is 70.4 Å². The molecule has 2 saturated carbocycles. The van der Waals surface area contributed by atoms with Gasteiger partial charge in [0, 0.05) is 0 Å². The molecule has 2 atom stereocenters. The molecule has 2 aliphatic rings. The van der Waals surface area contributed by atoms with Crippen LogP contribution in [0.5, 0.6) is 0 Å². The molecule has 0 aromatic carbocycles. The Hall–Kier alpha value is 0. The third-order valence-electron chi connectivity index (χ3n) is 3.69. The molecular weight excluding hydrogens is 132 g/mol. The van der Waals surface area contributed by atoms with E-state index in [9.17, 15) is 0 Å². The van der Waals surface area contributed by atoms with E-state index in [1.54, 1.807) is 25.7 Å². The van der Waals surface area contributed by atoms with Crippen molar-refractivity contribution in [1.29, 1.82) is 0 Å². The van der Waals surface area contributed by atoms with E-state index in [0.717, 1.165) is 11.8 Å². The van der Waals surface area contributed by atoms with Gasteiger partial charge in [-0.2, -0.15) is 0 Å². The van der Waals surface area contributed by atoms with Gasteiger partial charge in [-0.15, -0.1) is 0 Å². The van der Waals surface area contributed by atoms with E-state index < -0.39 is 0 Å². The van der Waals surface area contributed by atoms with Crippen LogP contribution in [0, 0.1) is 17.8 Å². The predicted molar refractivity (Wildman–Crippen MR) is 48.5 cm³/mol. The van der Waals surface area contributed by atoms with E-state index in [-0.39, 0.29) is 0 Å². The van der Waals surface area contributed by atoms with Crippen LogP contribution in [0.1, 0.15) is 51.9 Å². The largest absolute Gasteiger partial charge is 0.0651 e. The fourth-order valence-corrected chi connectivity index (χ4v) is 2.70. The number of hydrogen-bond acceptors (Lipinski definition) is 0. The molecular formula is C11H20. The Kier molecular flexibility index (Phi) is 2.20. The highest BCUT2D eigenvalue weighted by Gasteiger charge is 2.33.